The number of hydrogen-bond acceptors (Lipinski definition) is 4. The average molecular weight is 287 g/mol. The maximum Gasteiger partial charge on any atom is 0.0897 e. The maximum absolute atomic E-state index is 4.58. The highest BCUT2D eigenvalue weighted by Gasteiger charge is 2.25. The summed E-state index contributed by atoms with van der Waals surface area (Å²) < 4.78 is 0. The smallest absolute Gasteiger partial charge is 0.0897 e. The first-order valence-electron chi connectivity index (χ1n) is 7.11. The summed E-state index contributed by atoms with van der Waals surface area (Å²) in [6, 6.07) is 11.3. The van der Waals surface area contributed by atoms with E-state index in [1.165, 1.54) is 11.3 Å². The molecule has 20 heavy (non-hydrogen) atoms. The molecule has 4 heteroatoms. The molecule has 0 spiro atoms. The van der Waals surface area contributed by atoms with Gasteiger partial charge in [-0.1, -0.05) is 30.3 Å². The molecule has 3 nitrogen and oxygen atoms in total. The minimum Gasteiger partial charge on any atom is -0.297 e. The van der Waals surface area contributed by atoms with E-state index in [1.807, 2.05) is 0 Å². The molecule has 0 amide bonds. The van der Waals surface area contributed by atoms with Crippen LogP contribution in [0.1, 0.15) is 22.3 Å². The van der Waals surface area contributed by atoms with Crippen LogP contribution in [0.3, 0.4) is 0 Å². The number of nitrogens with zero attached hydrogens (tertiary/aromatic N) is 3. The van der Waals surface area contributed by atoms with Crippen LogP contribution in [0.4, 0.5) is 0 Å². The Hall–Kier alpha value is -1.23. The summed E-state index contributed by atoms with van der Waals surface area (Å²) in [7, 11) is 2.22. The fourth-order valence-electron chi connectivity index (χ4n) is 2.82. The third kappa shape index (κ3) is 3.08. The first-order chi connectivity index (χ1) is 9.72. The second-order valence-electron chi connectivity index (χ2n) is 5.50. The molecule has 0 radical (unpaired) electrons. The summed E-state index contributed by atoms with van der Waals surface area (Å²) in [6.45, 7) is 6.36. The minimum atomic E-state index is 0.490. The number of aromatic nitrogens is 1. The lowest BCUT2D eigenvalue weighted by molar-refractivity contribution is 0.0897. The van der Waals surface area contributed by atoms with E-state index in [4.69, 9.17) is 0 Å². The minimum absolute atomic E-state index is 0.490. The molecular formula is C16H21N3S. The van der Waals surface area contributed by atoms with Crippen molar-refractivity contribution in [3.05, 3.63) is 52.0 Å². The van der Waals surface area contributed by atoms with Gasteiger partial charge in [0.1, 0.15) is 0 Å². The van der Waals surface area contributed by atoms with Crippen LogP contribution in [0.5, 0.6) is 0 Å². The Morgan fingerprint density at radius 1 is 1.25 bits per heavy atom. The zero-order valence-corrected chi connectivity index (χ0v) is 12.9. The Labute approximate surface area is 124 Å². The standard InChI is InChI=1S/C16H21N3S/c1-13-17-15(12-20-13)10-19-9-8-18(2)16(11-19)14-6-4-3-5-7-14/h3-7,12,16H,8-11H2,1-2H3/t16-/m1/s1. The second kappa shape index (κ2) is 6.04. The Bertz CT molecular complexity index is 552. The summed E-state index contributed by atoms with van der Waals surface area (Å²) in [5, 5.41) is 3.35. The quantitative estimate of drug-likeness (QED) is 0.865. The molecule has 0 saturated carbocycles. The number of benzene rings is 1. The summed E-state index contributed by atoms with van der Waals surface area (Å²) in [5.41, 5.74) is 2.62. The van der Waals surface area contributed by atoms with E-state index < -0.39 is 0 Å². The second-order valence-corrected chi connectivity index (χ2v) is 6.56. The Balaban J connectivity index is 1.70. The summed E-state index contributed by atoms with van der Waals surface area (Å²) in [4.78, 5) is 9.56. The predicted molar refractivity (Wildman–Crippen MR) is 83.9 cm³/mol. The number of piperazine rings is 1. The number of thiazole rings is 1. The maximum atomic E-state index is 4.58. The highest BCUT2D eigenvalue weighted by atomic mass is 32.1. The molecule has 0 unspecified atom stereocenters. The molecule has 1 fully saturated rings. The van der Waals surface area contributed by atoms with Gasteiger partial charge in [-0.3, -0.25) is 9.80 Å². The molecular weight excluding hydrogens is 266 g/mol. The van der Waals surface area contributed by atoms with Crippen molar-refractivity contribution in [2.45, 2.75) is 19.5 Å². The van der Waals surface area contributed by atoms with E-state index in [1.54, 1.807) is 11.3 Å². The molecule has 2 heterocycles. The largest absolute Gasteiger partial charge is 0.297 e. The number of likely N-dealkylation sites (N-methyl/N-ethyl adjacent to an activating group) is 1. The van der Waals surface area contributed by atoms with Crippen molar-refractivity contribution >= 4 is 11.3 Å². The summed E-state index contributed by atoms with van der Waals surface area (Å²) in [6.07, 6.45) is 0. The molecule has 0 aliphatic carbocycles. The van der Waals surface area contributed by atoms with E-state index in [0.29, 0.717) is 6.04 Å². The van der Waals surface area contributed by atoms with Crippen molar-refractivity contribution in [2.75, 3.05) is 26.7 Å². The predicted octanol–water partition coefficient (Wildman–Crippen LogP) is 2.94. The van der Waals surface area contributed by atoms with E-state index in [2.05, 4.69) is 64.5 Å². The van der Waals surface area contributed by atoms with E-state index in [9.17, 15) is 0 Å². The molecule has 0 bridgehead atoms. The normalized spacial score (nSPS) is 21.2. The molecule has 1 aromatic carbocycles. The number of aryl methyl sites for hydroxylation is 1. The molecule has 106 valence electrons. The van der Waals surface area contributed by atoms with Crippen LogP contribution < -0.4 is 0 Å². The van der Waals surface area contributed by atoms with Crippen LogP contribution in [0.2, 0.25) is 0 Å². The monoisotopic (exact) mass is 287 g/mol. The van der Waals surface area contributed by atoms with Gasteiger partial charge in [-0.25, -0.2) is 4.98 Å². The highest BCUT2D eigenvalue weighted by molar-refractivity contribution is 7.09. The van der Waals surface area contributed by atoms with Gasteiger partial charge in [0.2, 0.25) is 0 Å². The SMILES string of the molecule is Cc1nc(CN2CCN(C)[C@@H](c3ccccc3)C2)cs1. The third-order valence-corrected chi connectivity index (χ3v) is 4.79. The molecule has 1 aromatic heterocycles. The molecule has 1 aliphatic heterocycles. The van der Waals surface area contributed by atoms with E-state index >= 15 is 0 Å². The molecule has 0 N–H and O–H groups in total. The van der Waals surface area contributed by atoms with Crippen molar-refractivity contribution in [3.8, 4) is 0 Å². The first-order valence-corrected chi connectivity index (χ1v) is 7.99. The van der Waals surface area contributed by atoms with Crippen molar-refractivity contribution in [1.82, 2.24) is 14.8 Å². The topological polar surface area (TPSA) is 19.4 Å². The van der Waals surface area contributed by atoms with Gasteiger partial charge in [0.15, 0.2) is 0 Å². The van der Waals surface area contributed by atoms with Crippen LogP contribution in [0, 0.1) is 6.92 Å². The lowest BCUT2D eigenvalue weighted by Gasteiger charge is -2.39. The molecule has 1 atom stereocenters. The summed E-state index contributed by atoms with van der Waals surface area (Å²) in [5.74, 6) is 0. The zero-order chi connectivity index (χ0) is 13.9. The van der Waals surface area contributed by atoms with Crippen LogP contribution in [0.15, 0.2) is 35.7 Å². The van der Waals surface area contributed by atoms with Gasteiger partial charge in [-0.2, -0.15) is 0 Å². The molecule has 1 saturated heterocycles. The van der Waals surface area contributed by atoms with Crippen molar-refractivity contribution in [1.29, 1.82) is 0 Å². The average Bonchev–Trinajstić information content (AvgIpc) is 2.87. The van der Waals surface area contributed by atoms with Crippen molar-refractivity contribution in [2.24, 2.45) is 0 Å². The Kier molecular flexibility index (Phi) is 4.15. The lowest BCUT2D eigenvalue weighted by atomic mass is 10.0. The van der Waals surface area contributed by atoms with Gasteiger partial charge < -0.3 is 0 Å². The van der Waals surface area contributed by atoms with Gasteiger partial charge in [-0.15, -0.1) is 11.3 Å². The zero-order valence-electron chi connectivity index (χ0n) is 12.1. The fourth-order valence-corrected chi connectivity index (χ4v) is 3.42. The molecule has 2 aromatic rings. The lowest BCUT2D eigenvalue weighted by Crippen LogP contribution is -2.46. The van der Waals surface area contributed by atoms with Gasteiger partial charge in [-0.05, 0) is 19.5 Å². The van der Waals surface area contributed by atoms with Gasteiger partial charge in [0.05, 0.1) is 10.7 Å². The fraction of sp³-hybridized carbons (Fsp3) is 0.438. The van der Waals surface area contributed by atoms with Gasteiger partial charge in [0.25, 0.3) is 0 Å². The van der Waals surface area contributed by atoms with Crippen molar-refractivity contribution < 1.29 is 0 Å². The Morgan fingerprint density at radius 2 is 2.05 bits per heavy atom. The number of rotatable bonds is 3. The number of hydrogen-bond donors (Lipinski definition) is 0. The highest BCUT2D eigenvalue weighted by Crippen LogP contribution is 2.24. The Morgan fingerprint density at radius 3 is 2.75 bits per heavy atom. The summed E-state index contributed by atoms with van der Waals surface area (Å²) >= 11 is 1.74. The van der Waals surface area contributed by atoms with Gasteiger partial charge in [0, 0.05) is 37.6 Å². The van der Waals surface area contributed by atoms with E-state index in [-0.39, 0.29) is 0 Å². The third-order valence-electron chi connectivity index (χ3n) is 3.97. The first kappa shape index (κ1) is 13.7. The molecule has 1 aliphatic rings. The van der Waals surface area contributed by atoms with Crippen LogP contribution in [-0.4, -0.2) is 41.5 Å². The van der Waals surface area contributed by atoms with E-state index in [0.717, 1.165) is 31.2 Å². The van der Waals surface area contributed by atoms with Gasteiger partial charge >= 0.3 is 0 Å². The molecule has 3 rings (SSSR count). The van der Waals surface area contributed by atoms with Crippen LogP contribution in [-0.2, 0) is 6.54 Å². The van der Waals surface area contributed by atoms with Crippen LogP contribution >= 0.6 is 11.3 Å². The van der Waals surface area contributed by atoms with Crippen molar-refractivity contribution in [3.63, 3.8) is 0 Å². The van der Waals surface area contributed by atoms with Crippen LogP contribution in [0.25, 0.3) is 0 Å².